The van der Waals surface area contributed by atoms with Crippen LogP contribution < -0.4 is 4.74 Å². The lowest BCUT2D eigenvalue weighted by Crippen LogP contribution is -2.38. The summed E-state index contributed by atoms with van der Waals surface area (Å²) in [6, 6.07) is 1.26. The first-order valence-corrected chi connectivity index (χ1v) is 9.05. The maximum Gasteiger partial charge on any atom is 0.451 e. The van der Waals surface area contributed by atoms with Crippen LogP contribution in [0.2, 0.25) is 0 Å². The molecule has 1 saturated heterocycles. The van der Waals surface area contributed by atoms with Gasteiger partial charge in [-0.25, -0.2) is 4.98 Å². The molecule has 1 spiro atoms. The molecule has 2 aliphatic rings. The minimum atomic E-state index is -4.78. The van der Waals surface area contributed by atoms with E-state index in [1.807, 2.05) is 0 Å². The van der Waals surface area contributed by atoms with Crippen LogP contribution in [0.15, 0.2) is 6.07 Å². The van der Waals surface area contributed by atoms with E-state index < -0.39 is 29.2 Å². The Morgan fingerprint density at radius 3 is 2.32 bits per heavy atom. The van der Waals surface area contributed by atoms with Gasteiger partial charge in [0.15, 0.2) is 5.79 Å². The maximum absolute atomic E-state index is 13.3. The number of carbonyl (C=O) groups excluding carboxylic acids is 1. The average molecular weight is 404 g/mol. The van der Waals surface area contributed by atoms with E-state index in [0.29, 0.717) is 38.9 Å². The molecule has 156 valence electrons. The highest BCUT2D eigenvalue weighted by Gasteiger charge is 2.42. The third-order valence-corrected chi connectivity index (χ3v) is 5.09. The van der Waals surface area contributed by atoms with Crippen molar-refractivity contribution in [2.45, 2.75) is 63.0 Å². The van der Waals surface area contributed by atoms with E-state index in [2.05, 4.69) is 14.7 Å². The third kappa shape index (κ3) is 4.22. The van der Waals surface area contributed by atoms with Crippen molar-refractivity contribution in [3.8, 4) is 5.88 Å². The smallest absolute Gasteiger partial charge is 0.451 e. The number of alkyl halides is 3. The number of ether oxygens (including phenoxy) is 4. The van der Waals surface area contributed by atoms with E-state index in [1.165, 1.54) is 27.0 Å². The fourth-order valence-electron chi connectivity index (χ4n) is 3.40. The zero-order valence-electron chi connectivity index (χ0n) is 16.0. The van der Waals surface area contributed by atoms with Crippen molar-refractivity contribution in [3.63, 3.8) is 0 Å². The molecule has 3 rings (SSSR count). The molecule has 1 aliphatic heterocycles. The highest BCUT2D eigenvalue weighted by molar-refractivity contribution is 5.81. The monoisotopic (exact) mass is 404 g/mol. The summed E-state index contributed by atoms with van der Waals surface area (Å²) in [7, 11) is 1.17. The average Bonchev–Trinajstić information content (AvgIpc) is 3.10. The number of esters is 1. The number of nitrogens with zero attached hydrogens (tertiary/aromatic N) is 2. The van der Waals surface area contributed by atoms with Crippen molar-refractivity contribution in [1.29, 1.82) is 0 Å². The molecular formula is C18H23F3N2O5. The lowest BCUT2D eigenvalue weighted by molar-refractivity contribution is -0.186. The van der Waals surface area contributed by atoms with Crippen LogP contribution in [-0.4, -0.2) is 48.2 Å². The van der Waals surface area contributed by atoms with Gasteiger partial charge in [-0.15, -0.1) is 0 Å². The number of methoxy groups -OCH3 is 1. The summed E-state index contributed by atoms with van der Waals surface area (Å²) < 4.78 is 61.5. The molecule has 0 atom stereocenters. The predicted octanol–water partition coefficient (Wildman–Crippen LogP) is 3.01. The summed E-state index contributed by atoms with van der Waals surface area (Å²) >= 11 is 0. The molecule has 1 aromatic rings. The molecule has 0 amide bonds. The highest BCUT2D eigenvalue weighted by atomic mass is 19.4. The van der Waals surface area contributed by atoms with Gasteiger partial charge in [-0.1, -0.05) is 0 Å². The zero-order chi connectivity index (χ0) is 20.6. The second-order valence-electron chi connectivity index (χ2n) is 7.45. The van der Waals surface area contributed by atoms with Gasteiger partial charge in [0.25, 0.3) is 0 Å². The predicted molar refractivity (Wildman–Crippen MR) is 89.6 cm³/mol. The van der Waals surface area contributed by atoms with Crippen LogP contribution in [0.4, 0.5) is 13.2 Å². The lowest BCUT2D eigenvalue weighted by Gasteiger charge is -2.35. The van der Waals surface area contributed by atoms with E-state index in [9.17, 15) is 18.0 Å². The van der Waals surface area contributed by atoms with Crippen LogP contribution in [0.3, 0.4) is 0 Å². The molecule has 1 aliphatic carbocycles. The van der Waals surface area contributed by atoms with E-state index in [1.54, 1.807) is 0 Å². The van der Waals surface area contributed by atoms with E-state index in [-0.39, 0.29) is 17.7 Å². The summed E-state index contributed by atoms with van der Waals surface area (Å²) in [5, 5.41) is 0. The van der Waals surface area contributed by atoms with Gasteiger partial charge in [-0.05, 0) is 26.7 Å². The van der Waals surface area contributed by atoms with Gasteiger partial charge < -0.3 is 18.9 Å². The summed E-state index contributed by atoms with van der Waals surface area (Å²) in [4.78, 5) is 19.1. The zero-order valence-corrected chi connectivity index (χ0v) is 16.0. The van der Waals surface area contributed by atoms with E-state index in [4.69, 9.17) is 14.2 Å². The van der Waals surface area contributed by atoms with Gasteiger partial charge in [0.05, 0.1) is 26.0 Å². The molecule has 1 aromatic heterocycles. The van der Waals surface area contributed by atoms with Crippen molar-refractivity contribution in [2.24, 2.45) is 0 Å². The first-order chi connectivity index (χ1) is 13.1. The number of aromatic nitrogens is 2. The summed E-state index contributed by atoms with van der Waals surface area (Å²) in [6.45, 7) is 3.95. The van der Waals surface area contributed by atoms with Gasteiger partial charge in [0, 0.05) is 18.9 Å². The minimum absolute atomic E-state index is 0.119. The SMILES string of the molecule is COC(=O)C(C)(C)c1cc(OC2CCC3(CC2)OCCO3)nc(C(F)(F)F)n1. The van der Waals surface area contributed by atoms with Crippen LogP contribution in [-0.2, 0) is 30.6 Å². The van der Waals surface area contributed by atoms with Gasteiger partial charge in [-0.3, -0.25) is 4.79 Å². The standard InChI is InChI=1S/C18H23F3N2O5/c1-16(2,15(24)25-3)12-10-13(23-14(22-12)18(19,20)21)28-11-4-6-17(7-5-11)26-8-9-27-17/h10-11H,4-9H2,1-3H3. The van der Waals surface area contributed by atoms with E-state index in [0.717, 1.165) is 0 Å². The quantitative estimate of drug-likeness (QED) is 0.714. The molecule has 7 nitrogen and oxygen atoms in total. The summed E-state index contributed by atoms with van der Waals surface area (Å²) in [5.74, 6) is -2.88. The first kappa shape index (κ1) is 20.8. The van der Waals surface area contributed by atoms with Crippen LogP contribution in [0.1, 0.15) is 51.0 Å². The molecule has 28 heavy (non-hydrogen) atoms. The molecule has 0 N–H and O–H groups in total. The Morgan fingerprint density at radius 2 is 1.79 bits per heavy atom. The largest absolute Gasteiger partial charge is 0.474 e. The number of hydrogen-bond acceptors (Lipinski definition) is 7. The number of rotatable bonds is 4. The van der Waals surface area contributed by atoms with Gasteiger partial charge >= 0.3 is 12.1 Å². The molecule has 10 heteroatoms. The molecule has 1 saturated carbocycles. The molecule has 2 heterocycles. The number of carbonyl (C=O) groups is 1. The Hall–Kier alpha value is -1.94. The van der Waals surface area contributed by atoms with Crippen LogP contribution >= 0.6 is 0 Å². The second kappa shape index (κ2) is 7.47. The van der Waals surface area contributed by atoms with Crippen molar-refractivity contribution in [3.05, 3.63) is 17.6 Å². The van der Waals surface area contributed by atoms with Gasteiger partial charge in [0.1, 0.15) is 11.5 Å². The fraction of sp³-hybridized carbons (Fsp3) is 0.722. The molecule has 0 aromatic carbocycles. The molecule has 0 bridgehead atoms. The van der Waals surface area contributed by atoms with Gasteiger partial charge in [-0.2, -0.15) is 18.2 Å². The normalized spacial score (nSPS) is 20.4. The van der Waals surface area contributed by atoms with Gasteiger partial charge in [0.2, 0.25) is 11.7 Å². The molecular weight excluding hydrogens is 381 g/mol. The topological polar surface area (TPSA) is 79.8 Å². The van der Waals surface area contributed by atoms with Crippen molar-refractivity contribution >= 4 is 5.97 Å². The van der Waals surface area contributed by atoms with Crippen LogP contribution in [0, 0.1) is 0 Å². The van der Waals surface area contributed by atoms with E-state index >= 15 is 0 Å². The Kier molecular flexibility index (Phi) is 5.55. The van der Waals surface area contributed by atoms with Crippen LogP contribution in [0.5, 0.6) is 5.88 Å². The first-order valence-electron chi connectivity index (χ1n) is 9.05. The fourth-order valence-corrected chi connectivity index (χ4v) is 3.40. The highest BCUT2D eigenvalue weighted by Crippen LogP contribution is 2.38. The van der Waals surface area contributed by atoms with Crippen LogP contribution in [0.25, 0.3) is 0 Å². The summed E-state index contributed by atoms with van der Waals surface area (Å²) in [5.41, 5.74) is -1.51. The Balaban J connectivity index is 1.82. The lowest BCUT2D eigenvalue weighted by atomic mass is 9.89. The number of hydrogen-bond donors (Lipinski definition) is 0. The van der Waals surface area contributed by atoms with Crippen molar-refractivity contribution in [2.75, 3.05) is 20.3 Å². The number of halogens is 3. The Bertz CT molecular complexity index is 722. The maximum atomic E-state index is 13.3. The second-order valence-corrected chi connectivity index (χ2v) is 7.45. The molecule has 2 fully saturated rings. The Labute approximate surface area is 160 Å². The van der Waals surface area contributed by atoms with Crippen molar-refractivity contribution < 1.29 is 36.9 Å². The van der Waals surface area contributed by atoms with Crippen molar-refractivity contribution in [1.82, 2.24) is 9.97 Å². The third-order valence-electron chi connectivity index (χ3n) is 5.09. The minimum Gasteiger partial charge on any atom is -0.474 e. The molecule has 0 radical (unpaired) electrons. The Morgan fingerprint density at radius 1 is 1.18 bits per heavy atom. The molecule has 0 unspecified atom stereocenters. The summed E-state index contributed by atoms with van der Waals surface area (Å²) in [6.07, 6.45) is -2.81.